The maximum absolute atomic E-state index is 13.5. The lowest BCUT2D eigenvalue weighted by Gasteiger charge is -2.23. The lowest BCUT2D eigenvalue weighted by atomic mass is 9.95. The van der Waals surface area contributed by atoms with Crippen molar-refractivity contribution in [2.75, 3.05) is 0 Å². The molecule has 0 radical (unpaired) electrons. The van der Waals surface area contributed by atoms with Gasteiger partial charge in [0.15, 0.2) is 0 Å². The average molecular weight is 198 g/mol. The number of allylic oxidation sites excluding steroid dienone is 2. The van der Waals surface area contributed by atoms with Gasteiger partial charge < -0.3 is 4.57 Å². The van der Waals surface area contributed by atoms with Crippen molar-refractivity contribution >= 4 is 5.57 Å². The molecule has 0 saturated carbocycles. The molecule has 0 aromatic carbocycles. The number of imidazole rings is 1. The maximum Gasteiger partial charge on any atom is 0.276 e. The van der Waals surface area contributed by atoms with E-state index in [0.29, 0.717) is 12.2 Å². The molecule has 0 spiro atoms. The molecular formula is C10H12F2N2. The van der Waals surface area contributed by atoms with Gasteiger partial charge in [-0.3, -0.25) is 0 Å². The van der Waals surface area contributed by atoms with Gasteiger partial charge in [-0.05, 0) is 12.8 Å². The first-order chi connectivity index (χ1) is 6.61. The topological polar surface area (TPSA) is 17.8 Å². The van der Waals surface area contributed by atoms with Crippen molar-refractivity contribution in [2.24, 2.45) is 7.05 Å². The third-order valence-corrected chi connectivity index (χ3v) is 2.50. The molecule has 14 heavy (non-hydrogen) atoms. The Balaban J connectivity index is 2.43. The summed E-state index contributed by atoms with van der Waals surface area (Å²) in [6.07, 6.45) is 6.04. The summed E-state index contributed by atoms with van der Waals surface area (Å²) >= 11 is 0. The summed E-state index contributed by atoms with van der Waals surface area (Å²) in [5, 5.41) is 0. The fraction of sp³-hybridized carbons (Fsp3) is 0.500. The first-order valence-corrected chi connectivity index (χ1v) is 4.67. The molecule has 0 amide bonds. The smallest absolute Gasteiger partial charge is 0.276 e. The van der Waals surface area contributed by atoms with Gasteiger partial charge in [-0.2, -0.15) is 0 Å². The van der Waals surface area contributed by atoms with Crippen LogP contribution >= 0.6 is 0 Å². The van der Waals surface area contributed by atoms with E-state index in [2.05, 4.69) is 4.98 Å². The highest BCUT2D eigenvalue weighted by Gasteiger charge is 2.38. The van der Waals surface area contributed by atoms with E-state index < -0.39 is 5.92 Å². The van der Waals surface area contributed by atoms with Gasteiger partial charge in [-0.25, -0.2) is 13.8 Å². The molecule has 0 N–H and O–H groups in total. The lowest BCUT2D eigenvalue weighted by molar-refractivity contribution is 0.0501. The number of hydrogen-bond acceptors (Lipinski definition) is 1. The number of rotatable bonds is 1. The molecule has 2 rings (SSSR count). The van der Waals surface area contributed by atoms with Crippen LogP contribution in [0.25, 0.3) is 5.57 Å². The molecule has 1 aliphatic rings. The van der Waals surface area contributed by atoms with Gasteiger partial charge >= 0.3 is 0 Å². The Hall–Kier alpha value is -1.19. The van der Waals surface area contributed by atoms with Crippen molar-refractivity contribution in [1.29, 1.82) is 0 Å². The standard InChI is InChI=1S/C10H12F2N2/c1-14-7-6-13-9(14)8-4-2-3-5-10(8,11)12/h4,6-7H,2-3,5H2,1H3. The Labute approximate surface area is 81.3 Å². The predicted molar refractivity (Wildman–Crippen MR) is 50.0 cm³/mol. The van der Waals surface area contributed by atoms with E-state index in [1.807, 2.05) is 0 Å². The second kappa shape index (κ2) is 3.19. The van der Waals surface area contributed by atoms with Gasteiger partial charge in [-0.15, -0.1) is 0 Å². The first-order valence-electron chi connectivity index (χ1n) is 4.67. The summed E-state index contributed by atoms with van der Waals surface area (Å²) in [6, 6.07) is 0. The first kappa shape index (κ1) is 9.37. The van der Waals surface area contributed by atoms with Crippen LogP contribution in [0.3, 0.4) is 0 Å². The minimum atomic E-state index is -2.71. The molecule has 0 unspecified atom stereocenters. The summed E-state index contributed by atoms with van der Waals surface area (Å²) < 4.78 is 28.6. The zero-order valence-electron chi connectivity index (χ0n) is 8.00. The number of alkyl halides is 2. The van der Waals surface area contributed by atoms with E-state index in [9.17, 15) is 8.78 Å². The van der Waals surface area contributed by atoms with Gasteiger partial charge in [0.1, 0.15) is 5.82 Å². The molecule has 1 aliphatic carbocycles. The minimum Gasteiger partial charge on any atom is -0.334 e. The van der Waals surface area contributed by atoms with Gasteiger partial charge in [0.2, 0.25) is 0 Å². The zero-order valence-corrected chi connectivity index (χ0v) is 8.00. The quantitative estimate of drug-likeness (QED) is 0.678. The molecule has 1 heterocycles. The Kier molecular flexibility index (Phi) is 2.13. The highest BCUT2D eigenvalue weighted by molar-refractivity contribution is 5.67. The Morgan fingerprint density at radius 3 is 2.86 bits per heavy atom. The Morgan fingerprint density at radius 2 is 2.29 bits per heavy atom. The van der Waals surface area contributed by atoms with Crippen LogP contribution in [0.2, 0.25) is 0 Å². The third kappa shape index (κ3) is 1.45. The van der Waals surface area contributed by atoms with Crippen LogP contribution in [0.15, 0.2) is 18.5 Å². The Morgan fingerprint density at radius 1 is 1.50 bits per heavy atom. The summed E-state index contributed by atoms with van der Waals surface area (Å²) in [6.45, 7) is 0. The molecule has 0 aliphatic heterocycles. The van der Waals surface area contributed by atoms with Crippen LogP contribution in [-0.2, 0) is 7.05 Å². The molecule has 0 atom stereocenters. The SMILES string of the molecule is Cn1ccnc1C1=CCCCC1(F)F. The van der Waals surface area contributed by atoms with Gasteiger partial charge in [0, 0.05) is 25.9 Å². The van der Waals surface area contributed by atoms with Crippen molar-refractivity contribution < 1.29 is 8.78 Å². The van der Waals surface area contributed by atoms with Crippen LogP contribution in [0, 0.1) is 0 Å². The number of hydrogen-bond donors (Lipinski definition) is 0. The van der Waals surface area contributed by atoms with Gasteiger partial charge in [-0.1, -0.05) is 6.08 Å². The summed E-state index contributed by atoms with van der Waals surface area (Å²) in [5.41, 5.74) is 0.0799. The normalized spacial score (nSPS) is 20.6. The molecule has 0 saturated heterocycles. The fourth-order valence-corrected chi connectivity index (χ4v) is 1.73. The monoisotopic (exact) mass is 198 g/mol. The van der Waals surface area contributed by atoms with Crippen LogP contribution in [0.5, 0.6) is 0 Å². The van der Waals surface area contributed by atoms with E-state index in [1.54, 1.807) is 30.1 Å². The zero-order chi connectivity index (χ0) is 10.2. The van der Waals surface area contributed by atoms with Crippen LogP contribution < -0.4 is 0 Å². The second-order valence-electron chi connectivity index (χ2n) is 3.58. The van der Waals surface area contributed by atoms with E-state index in [1.165, 1.54) is 0 Å². The number of aryl methyl sites for hydroxylation is 1. The molecule has 0 fully saturated rings. The highest BCUT2D eigenvalue weighted by atomic mass is 19.3. The average Bonchev–Trinajstić information content (AvgIpc) is 2.51. The van der Waals surface area contributed by atoms with E-state index in [0.717, 1.165) is 6.42 Å². The molecule has 1 aromatic rings. The maximum atomic E-state index is 13.5. The van der Waals surface area contributed by atoms with Crippen molar-refractivity contribution in [3.8, 4) is 0 Å². The Bertz CT molecular complexity index is 366. The molecule has 76 valence electrons. The molecule has 2 nitrogen and oxygen atoms in total. The summed E-state index contributed by atoms with van der Waals surface area (Å²) in [4.78, 5) is 3.95. The number of halogens is 2. The fourth-order valence-electron chi connectivity index (χ4n) is 1.73. The summed E-state index contributed by atoms with van der Waals surface area (Å²) in [7, 11) is 1.73. The molecule has 0 bridgehead atoms. The van der Waals surface area contributed by atoms with Crippen molar-refractivity contribution in [3.63, 3.8) is 0 Å². The predicted octanol–water partition coefficient (Wildman–Crippen LogP) is 2.62. The minimum absolute atomic E-state index is 0.0638. The second-order valence-corrected chi connectivity index (χ2v) is 3.58. The van der Waals surface area contributed by atoms with Gasteiger partial charge in [0.25, 0.3) is 5.92 Å². The van der Waals surface area contributed by atoms with E-state index in [-0.39, 0.29) is 12.0 Å². The number of aromatic nitrogens is 2. The van der Waals surface area contributed by atoms with Crippen LogP contribution in [0.4, 0.5) is 8.78 Å². The van der Waals surface area contributed by atoms with Crippen molar-refractivity contribution in [1.82, 2.24) is 9.55 Å². The largest absolute Gasteiger partial charge is 0.334 e. The van der Waals surface area contributed by atoms with Crippen molar-refractivity contribution in [3.05, 3.63) is 24.3 Å². The van der Waals surface area contributed by atoms with Gasteiger partial charge in [0.05, 0.1) is 5.57 Å². The van der Waals surface area contributed by atoms with Crippen LogP contribution in [0.1, 0.15) is 25.1 Å². The third-order valence-electron chi connectivity index (χ3n) is 2.50. The number of nitrogens with zero attached hydrogens (tertiary/aromatic N) is 2. The van der Waals surface area contributed by atoms with E-state index >= 15 is 0 Å². The molecule has 4 heteroatoms. The van der Waals surface area contributed by atoms with E-state index in [4.69, 9.17) is 0 Å². The van der Waals surface area contributed by atoms with Crippen molar-refractivity contribution in [2.45, 2.75) is 25.2 Å². The molecule has 1 aromatic heterocycles. The lowest BCUT2D eigenvalue weighted by Crippen LogP contribution is -2.23. The summed E-state index contributed by atoms with van der Waals surface area (Å²) in [5.74, 6) is -2.33. The van der Waals surface area contributed by atoms with Crippen LogP contribution in [-0.4, -0.2) is 15.5 Å². The molecular weight excluding hydrogens is 186 g/mol. The highest BCUT2D eigenvalue weighted by Crippen LogP contribution is 2.39.